The number of thiazole rings is 1. The lowest BCUT2D eigenvalue weighted by molar-refractivity contribution is 0.568. The Kier molecular flexibility index (Phi) is 3.11. The van der Waals surface area contributed by atoms with E-state index in [-0.39, 0.29) is 0 Å². The molecule has 0 saturated carbocycles. The van der Waals surface area contributed by atoms with Crippen molar-refractivity contribution in [2.75, 3.05) is 0 Å². The first-order valence-electron chi connectivity index (χ1n) is 5.15. The average molecular weight is 279 g/mol. The lowest BCUT2D eigenvalue weighted by Crippen LogP contribution is -1.93. The molecule has 0 aromatic carbocycles. The maximum Gasteiger partial charge on any atom is 0.209 e. The monoisotopic (exact) mass is 279 g/mol. The molecule has 0 atom stereocenters. The Morgan fingerprint density at radius 2 is 2.44 bits per heavy atom. The van der Waals surface area contributed by atoms with Crippen LogP contribution in [0.1, 0.15) is 5.69 Å². The van der Waals surface area contributed by atoms with E-state index in [2.05, 4.69) is 20.5 Å². The third-order valence-electron chi connectivity index (χ3n) is 2.25. The molecule has 0 amide bonds. The van der Waals surface area contributed by atoms with Crippen molar-refractivity contribution in [2.24, 2.45) is 7.05 Å². The number of aromatic nitrogens is 5. The van der Waals surface area contributed by atoms with Gasteiger partial charge < -0.3 is 4.42 Å². The van der Waals surface area contributed by atoms with Crippen molar-refractivity contribution in [1.82, 2.24) is 25.2 Å². The zero-order valence-electron chi connectivity index (χ0n) is 9.48. The highest BCUT2D eigenvalue weighted by atomic mass is 32.2. The van der Waals surface area contributed by atoms with Crippen LogP contribution in [0.2, 0.25) is 0 Å². The van der Waals surface area contributed by atoms with Crippen LogP contribution in [-0.4, -0.2) is 25.2 Å². The Bertz CT molecular complexity index is 630. The largest absolute Gasteiger partial charge is 0.472 e. The van der Waals surface area contributed by atoms with E-state index in [1.165, 1.54) is 0 Å². The number of rotatable bonds is 4. The lowest BCUT2D eigenvalue weighted by atomic mass is 10.4. The summed E-state index contributed by atoms with van der Waals surface area (Å²) in [7, 11) is 1.82. The molecule has 0 aliphatic carbocycles. The summed E-state index contributed by atoms with van der Waals surface area (Å²) in [5.74, 6) is 0.753. The van der Waals surface area contributed by atoms with E-state index in [1.54, 1.807) is 40.3 Å². The second-order valence-corrected chi connectivity index (χ2v) is 5.33. The van der Waals surface area contributed by atoms with Gasteiger partial charge in [-0.05, 0) is 16.5 Å². The molecule has 3 aromatic heterocycles. The van der Waals surface area contributed by atoms with Crippen molar-refractivity contribution >= 4 is 23.1 Å². The summed E-state index contributed by atoms with van der Waals surface area (Å²) in [6.07, 6.45) is 3.35. The number of furan rings is 1. The van der Waals surface area contributed by atoms with E-state index in [9.17, 15) is 0 Å². The molecule has 3 rings (SSSR count). The molecule has 92 valence electrons. The second kappa shape index (κ2) is 4.91. The van der Waals surface area contributed by atoms with Crippen LogP contribution < -0.4 is 0 Å². The molecule has 8 heteroatoms. The summed E-state index contributed by atoms with van der Waals surface area (Å²) in [4.78, 5) is 4.54. The lowest BCUT2D eigenvalue weighted by Gasteiger charge is -1.95. The maximum atomic E-state index is 5.04. The average Bonchev–Trinajstić information content (AvgIpc) is 3.08. The quantitative estimate of drug-likeness (QED) is 0.682. The fraction of sp³-hybridized carbons (Fsp3) is 0.200. The molecule has 6 nitrogen and oxygen atoms in total. The van der Waals surface area contributed by atoms with Crippen molar-refractivity contribution in [2.45, 2.75) is 10.9 Å². The minimum Gasteiger partial charge on any atom is -0.472 e. The van der Waals surface area contributed by atoms with E-state index in [0.717, 1.165) is 27.2 Å². The van der Waals surface area contributed by atoms with Crippen LogP contribution in [0.4, 0.5) is 0 Å². The first kappa shape index (κ1) is 11.4. The van der Waals surface area contributed by atoms with Gasteiger partial charge in [-0.2, -0.15) is 0 Å². The molecule has 0 saturated heterocycles. The smallest absolute Gasteiger partial charge is 0.209 e. The van der Waals surface area contributed by atoms with E-state index < -0.39 is 0 Å². The molecule has 0 spiro atoms. The third-order valence-corrected chi connectivity index (χ3v) is 4.23. The predicted octanol–water partition coefficient (Wildman–Crippen LogP) is 2.22. The standard InChI is InChI=1S/C10H9N5OS2/c1-15-10(12-13-14-15)18-6-8-5-17-9(11-8)7-2-3-16-4-7/h2-5H,6H2,1H3. The molecule has 0 fully saturated rings. The highest BCUT2D eigenvalue weighted by Crippen LogP contribution is 2.26. The highest BCUT2D eigenvalue weighted by molar-refractivity contribution is 7.98. The molecule has 0 unspecified atom stereocenters. The van der Waals surface area contributed by atoms with Crippen LogP contribution in [-0.2, 0) is 12.8 Å². The van der Waals surface area contributed by atoms with Crippen LogP contribution in [0.3, 0.4) is 0 Å². The Labute approximate surface area is 111 Å². The fourth-order valence-corrected chi connectivity index (χ4v) is 3.03. The molecule has 0 aliphatic heterocycles. The fourth-order valence-electron chi connectivity index (χ4n) is 1.37. The van der Waals surface area contributed by atoms with Gasteiger partial charge >= 0.3 is 0 Å². The van der Waals surface area contributed by atoms with Crippen LogP contribution in [0.25, 0.3) is 10.6 Å². The molecule has 0 bridgehead atoms. The number of nitrogens with zero attached hydrogens (tertiary/aromatic N) is 5. The highest BCUT2D eigenvalue weighted by Gasteiger charge is 2.08. The van der Waals surface area contributed by atoms with Crippen molar-refractivity contribution in [3.63, 3.8) is 0 Å². The van der Waals surface area contributed by atoms with E-state index in [4.69, 9.17) is 4.42 Å². The molecule has 3 aromatic rings. The minimum atomic E-state index is 0.753. The van der Waals surface area contributed by atoms with Gasteiger partial charge in [0, 0.05) is 23.7 Å². The normalized spacial score (nSPS) is 10.9. The Morgan fingerprint density at radius 3 is 3.17 bits per heavy atom. The van der Waals surface area contributed by atoms with Gasteiger partial charge in [-0.15, -0.1) is 16.4 Å². The van der Waals surface area contributed by atoms with Gasteiger partial charge in [0.1, 0.15) is 11.3 Å². The summed E-state index contributed by atoms with van der Waals surface area (Å²) < 4.78 is 6.69. The molecule has 0 aliphatic rings. The number of tetrazole rings is 1. The summed E-state index contributed by atoms with van der Waals surface area (Å²) in [5, 5.41) is 15.1. The minimum absolute atomic E-state index is 0.753. The first-order chi connectivity index (χ1) is 8.83. The molecule has 3 heterocycles. The van der Waals surface area contributed by atoms with Gasteiger partial charge in [0.2, 0.25) is 5.16 Å². The van der Waals surface area contributed by atoms with Gasteiger partial charge in [0.25, 0.3) is 0 Å². The van der Waals surface area contributed by atoms with E-state index in [1.807, 2.05) is 18.5 Å². The second-order valence-electron chi connectivity index (χ2n) is 3.53. The van der Waals surface area contributed by atoms with Gasteiger partial charge in [-0.3, -0.25) is 0 Å². The molecular weight excluding hydrogens is 270 g/mol. The zero-order valence-corrected chi connectivity index (χ0v) is 11.1. The Hall–Kier alpha value is -1.67. The Morgan fingerprint density at radius 1 is 1.50 bits per heavy atom. The Balaban J connectivity index is 1.69. The zero-order chi connectivity index (χ0) is 12.4. The van der Waals surface area contributed by atoms with Crippen molar-refractivity contribution in [3.05, 3.63) is 29.7 Å². The predicted molar refractivity (Wildman–Crippen MR) is 68.2 cm³/mol. The van der Waals surface area contributed by atoms with Crippen LogP contribution in [0, 0.1) is 0 Å². The summed E-state index contributed by atoms with van der Waals surface area (Å²) >= 11 is 3.17. The molecule has 0 radical (unpaired) electrons. The van der Waals surface area contributed by atoms with Crippen molar-refractivity contribution in [1.29, 1.82) is 0 Å². The van der Waals surface area contributed by atoms with E-state index >= 15 is 0 Å². The van der Waals surface area contributed by atoms with Crippen molar-refractivity contribution < 1.29 is 4.42 Å². The van der Waals surface area contributed by atoms with Crippen LogP contribution >= 0.6 is 23.1 Å². The van der Waals surface area contributed by atoms with Crippen LogP contribution in [0.15, 0.2) is 33.5 Å². The SMILES string of the molecule is Cn1nnnc1SCc1csc(-c2ccoc2)n1. The van der Waals surface area contributed by atoms with Gasteiger partial charge in [0.15, 0.2) is 0 Å². The van der Waals surface area contributed by atoms with Crippen LogP contribution in [0.5, 0.6) is 0 Å². The summed E-state index contributed by atoms with van der Waals surface area (Å²) in [5.41, 5.74) is 2.03. The number of thioether (sulfide) groups is 1. The van der Waals surface area contributed by atoms with Gasteiger partial charge in [-0.1, -0.05) is 11.8 Å². The number of hydrogen-bond acceptors (Lipinski definition) is 7. The number of hydrogen-bond donors (Lipinski definition) is 0. The molecule has 0 N–H and O–H groups in total. The van der Waals surface area contributed by atoms with Gasteiger partial charge in [0.05, 0.1) is 12.0 Å². The summed E-state index contributed by atoms with van der Waals surface area (Å²) in [6.45, 7) is 0. The van der Waals surface area contributed by atoms with Gasteiger partial charge in [-0.25, -0.2) is 9.67 Å². The summed E-state index contributed by atoms with van der Waals surface area (Å²) in [6, 6.07) is 1.91. The number of aryl methyl sites for hydroxylation is 1. The van der Waals surface area contributed by atoms with E-state index in [0.29, 0.717) is 0 Å². The molecular formula is C10H9N5OS2. The maximum absolute atomic E-state index is 5.04. The third kappa shape index (κ3) is 2.29. The van der Waals surface area contributed by atoms with Crippen molar-refractivity contribution in [3.8, 4) is 10.6 Å². The topological polar surface area (TPSA) is 69.6 Å². The molecule has 18 heavy (non-hydrogen) atoms. The first-order valence-corrected chi connectivity index (χ1v) is 7.01.